The Morgan fingerprint density at radius 1 is 0.400 bits per heavy atom. The van der Waals surface area contributed by atoms with Gasteiger partial charge in [-0.2, -0.15) is 0 Å². The minimum atomic E-state index is 0. The fourth-order valence-electron chi connectivity index (χ4n) is 0. The summed E-state index contributed by atoms with van der Waals surface area (Å²) in [5.41, 5.74) is 0. The standard InChI is InChI=1S/Np.4H2O/h;4*1H2/p-4. The van der Waals surface area contributed by atoms with Crippen molar-refractivity contribution in [2.24, 2.45) is 0 Å². The Morgan fingerprint density at radius 3 is 0.400 bits per heavy atom. The number of rotatable bonds is 0. The molecule has 0 unspecified atom stereocenters. The van der Waals surface area contributed by atoms with Crippen LogP contribution in [0.15, 0.2) is 0 Å². The van der Waals surface area contributed by atoms with Crippen LogP contribution >= 0.6 is 0 Å². The van der Waals surface area contributed by atoms with Gasteiger partial charge in [0, 0.05) is 29.9 Å². The SMILES string of the molecule is [Np].[OH-].[OH-].[OH-].[OH-]. The summed E-state index contributed by atoms with van der Waals surface area (Å²) in [6, 6.07) is 0. The molecule has 0 amide bonds. The molecule has 1 radical (unpaired) electrons. The van der Waals surface area contributed by atoms with Crippen molar-refractivity contribution >= 4 is 0 Å². The van der Waals surface area contributed by atoms with Crippen molar-refractivity contribution in [2.45, 2.75) is 0 Å². The molecular weight excluding hydrogens is 301 g/mol. The molecule has 5 heavy (non-hydrogen) atoms. The Labute approximate surface area is 52.1 Å². The van der Waals surface area contributed by atoms with Gasteiger partial charge in [0.1, 0.15) is 0 Å². The zero-order valence-electron chi connectivity index (χ0n) is 2.24. The van der Waals surface area contributed by atoms with E-state index in [2.05, 4.69) is 0 Å². The first-order valence-electron chi connectivity index (χ1n) is 0. The third kappa shape index (κ3) is 54.3. The normalized spacial score (nSPS) is 0. The van der Waals surface area contributed by atoms with Crippen molar-refractivity contribution in [2.75, 3.05) is 0 Å². The van der Waals surface area contributed by atoms with Crippen molar-refractivity contribution in [3.05, 3.63) is 0 Å². The van der Waals surface area contributed by atoms with Crippen LogP contribution in [-0.4, -0.2) is 21.9 Å². The van der Waals surface area contributed by atoms with E-state index in [-0.39, 0.29) is 51.8 Å². The molecular formula is H4NpO4-4. The summed E-state index contributed by atoms with van der Waals surface area (Å²) in [5.74, 6) is 0. The fourth-order valence-corrected chi connectivity index (χ4v) is 0. The maximum atomic E-state index is 0. The third-order valence-corrected chi connectivity index (χ3v) is 0. The summed E-state index contributed by atoms with van der Waals surface area (Å²) in [5, 5.41) is 0. The molecule has 0 heterocycles. The molecule has 0 aromatic rings. The molecule has 5 heteroatoms. The van der Waals surface area contributed by atoms with Gasteiger partial charge in [-0.25, -0.2) is 0 Å². The van der Waals surface area contributed by atoms with Gasteiger partial charge in [-0.15, -0.1) is 0 Å². The Bertz CT molecular complexity index is 3.61. The average Bonchev–Trinajstić information content (AvgIpc) is 0. The van der Waals surface area contributed by atoms with Crippen molar-refractivity contribution in [3.8, 4) is 0 Å². The van der Waals surface area contributed by atoms with E-state index in [1.165, 1.54) is 0 Å². The molecule has 0 spiro atoms. The van der Waals surface area contributed by atoms with Gasteiger partial charge >= 0.3 is 0 Å². The van der Waals surface area contributed by atoms with Crippen LogP contribution in [0.1, 0.15) is 0 Å². The Morgan fingerprint density at radius 2 is 0.400 bits per heavy atom. The van der Waals surface area contributed by atoms with Gasteiger partial charge in [-0.05, 0) is 0 Å². The van der Waals surface area contributed by atoms with E-state index in [0.29, 0.717) is 0 Å². The van der Waals surface area contributed by atoms with Crippen LogP contribution in [0, 0.1) is 29.9 Å². The molecule has 0 saturated carbocycles. The number of hydrogen-bond acceptors (Lipinski definition) is 4. The zero-order chi connectivity index (χ0) is 0. The van der Waals surface area contributed by atoms with Gasteiger partial charge in [-0.3, -0.25) is 0 Å². The molecule has 0 aromatic heterocycles. The van der Waals surface area contributed by atoms with Gasteiger partial charge in [0.25, 0.3) is 0 Å². The summed E-state index contributed by atoms with van der Waals surface area (Å²) in [7, 11) is 0. The maximum Gasteiger partial charge on any atom is 0 e. The van der Waals surface area contributed by atoms with Crippen molar-refractivity contribution in [3.63, 3.8) is 0 Å². The van der Waals surface area contributed by atoms with Gasteiger partial charge in [0.2, 0.25) is 0 Å². The van der Waals surface area contributed by atoms with E-state index in [1.807, 2.05) is 0 Å². The van der Waals surface area contributed by atoms with Crippen LogP contribution in [0.3, 0.4) is 0 Å². The molecule has 0 aromatic carbocycles. The average molecular weight is 305 g/mol. The van der Waals surface area contributed by atoms with E-state index in [1.54, 1.807) is 0 Å². The summed E-state index contributed by atoms with van der Waals surface area (Å²) in [6.07, 6.45) is 0. The predicted octanol–water partition coefficient (Wildman–Crippen LogP) is -0.707. The molecule has 0 aliphatic heterocycles. The summed E-state index contributed by atoms with van der Waals surface area (Å²) >= 11 is 0. The summed E-state index contributed by atoms with van der Waals surface area (Å²) in [6.45, 7) is 0. The Balaban J connectivity index is 0. The molecule has 0 bridgehead atoms. The van der Waals surface area contributed by atoms with Gasteiger partial charge in [-0.1, -0.05) is 0 Å². The van der Waals surface area contributed by atoms with Crippen molar-refractivity contribution in [1.82, 2.24) is 0 Å². The monoisotopic (exact) mass is 304 g/mol. The van der Waals surface area contributed by atoms with Crippen LogP contribution in [0.2, 0.25) is 0 Å². The molecule has 37 valence electrons. The first-order chi connectivity index (χ1) is 0. The van der Waals surface area contributed by atoms with Crippen LogP contribution in [0.4, 0.5) is 0 Å². The van der Waals surface area contributed by atoms with E-state index in [0.717, 1.165) is 0 Å². The molecule has 0 fully saturated rings. The van der Waals surface area contributed by atoms with E-state index in [4.69, 9.17) is 0 Å². The number of hydrogen-bond donors (Lipinski definition) is 0. The van der Waals surface area contributed by atoms with Crippen LogP contribution < -0.4 is 0 Å². The fraction of sp³-hybridized carbons (Fsp3) is 0. The topological polar surface area (TPSA) is 120 Å². The molecule has 0 aliphatic carbocycles. The van der Waals surface area contributed by atoms with Gasteiger partial charge < -0.3 is 21.9 Å². The quantitative estimate of drug-likeness (QED) is 0.587. The minimum Gasteiger partial charge on any atom is -0.870 e. The molecule has 0 rings (SSSR count). The van der Waals surface area contributed by atoms with E-state index in [9.17, 15) is 0 Å². The van der Waals surface area contributed by atoms with E-state index < -0.39 is 0 Å². The molecule has 4 N–H and O–H groups in total. The van der Waals surface area contributed by atoms with Crippen LogP contribution in [-0.2, 0) is 0 Å². The Hall–Kier alpha value is 0.853. The first-order valence-corrected chi connectivity index (χ1v) is 0. The van der Waals surface area contributed by atoms with Gasteiger partial charge in [0.05, 0.1) is 0 Å². The summed E-state index contributed by atoms with van der Waals surface area (Å²) in [4.78, 5) is 0. The molecule has 0 aliphatic rings. The van der Waals surface area contributed by atoms with Crippen LogP contribution in [0.25, 0.3) is 0 Å². The van der Waals surface area contributed by atoms with E-state index >= 15 is 0 Å². The first kappa shape index (κ1) is 189. The molecule has 4 nitrogen and oxygen atoms in total. The van der Waals surface area contributed by atoms with Crippen molar-refractivity contribution < 1.29 is 51.8 Å². The Kier molecular flexibility index (Phi) is 3750. The van der Waals surface area contributed by atoms with Gasteiger partial charge in [0.15, 0.2) is 0 Å². The second-order valence-corrected chi connectivity index (χ2v) is 0. The molecule has 0 atom stereocenters. The second-order valence-electron chi connectivity index (χ2n) is 0. The maximum absolute atomic E-state index is 0. The second kappa shape index (κ2) is 99.0. The predicted molar refractivity (Wildman–Crippen MR) is 7.74 cm³/mol. The zero-order valence-corrected chi connectivity index (χ0v) is 5.96. The van der Waals surface area contributed by atoms with Crippen molar-refractivity contribution in [1.29, 1.82) is 0 Å². The third-order valence-electron chi connectivity index (χ3n) is 0. The molecule has 0 saturated heterocycles. The smallest absolute Gasteiger partial charge is 0 e. The summed E-state index contributed by atoms with van der Waals surface area (Å²) < 4.78 is 0. The minimum absolute atomic E-state index is 0. The largest absolute Gasteiger partial charge is 0.870 e. The van der Waals surface area contributed by atoms with Crippen LogP contribution in [0.5, 0.6) is 0 Å².